The predicted molar refractivity (Wildman–Crippen MR) is 79.5 cm³/mol. The fourth-order valence-corrected chi connectivity index (χ4v) is 1.78. The summed E-state index contributed by atoms with van der Waals surface area (Å²) in [5.74, 6) is 1.14. The van der Waals surface area contributed by atoms with Crippen LogP contribution in [-0.4, -0.2) is 41.7 Å². The van der Waals surface area contributed by atoms with Gasteiger partial charge in [0.05, 0.1) is 5.75 Å². The summed E-state index contributed by atoms with van der Waals surface area (Å²) in [6.45, 7) is 9.97. The summed E-state index contributed by atoms with van der Waals surface area (Å²) < 4.78 is 5.09. The van der Waals surface area contributed by atoms with Crippen molar-refractivity contribution in [3.05, 3.63) is 0 Å². The Bertz CT molecular complexity index is 290. The van der Waals surface area contributed by atoms with Crippen molar-refractivity contribution < 1.29 is 14.3 Å². The van der Waals surface area contributed by atoms with Gasteiger partial charge in [0.1, 0.15) is 5.60 Å². The number of ether oxygens (including phenoxy) is 1. The van der Waals surface area contributed by atoms with Crippen LogP contribution in [0.4, 0.5) is 4.79 Å². The molecule has 0 saturated carbocycles. The number of thioether (sulfide) groups is 1. The lowest BCUT2D eigenvalue weighted by atomic mass is 10.2. The van der Waals surface area contributed by atoms with Crippen LogP contribution in [-0.2, 0) is 9.53 Å². The maximum atomic E-state index is 11.5. The highest BCUT2D eigenvalue weighted by Gasteiger charge is 2.15. The smallest absolute Gasteiger partial charge is 0.407 e. The zero-order valence-electron chi connectivity index (χ0n) is 12.5. The lowest BCUT2D eigenvalue weighted by Gasteiger charge is -2.19. The number of carbonyl (C=O) groups is 2. The van der Waals surface area contributed by atoms with Gasteiger partial charge in [0.2, 0.25) is 5.91 Å². The first-order chi connectivity index (χ1) is 8.74. The van der Waals surface area contributed by atoms with E-state index in [1.54, 1.807) is 0 Å². The van der Waals surface area contributed by atoms with Gasteiger partial charge in [-0.3, -0.25) is 4.79 Å². The van der Waals surface area contributed by atoms with Crippen LogP contribution >= 0.6 is 11.8 Å². The summed E-state index contributed by atoms with van der Waals surface area (Å²) in [4.78, 5) is 22.8. The van der Waals surface area contributed by atoms with Crippen LogP contribution in [0.2, 0.25) is 0 Å². The molecule has 0 aromatic heterocycles. The van der Waals surface area contributed by atoms with Crippen molar-refractivity contribution in [3.63, 3.8) is 0 Å². The molecule has 2 amide bonds. The van der Waals surface area contributed by atoms with Gasteiger partial charge in [-0.05, 0) is 34.1 Å². The summed E-state index contributed by atoms with van der Waals surface area (Å²) >= 11 is 1.49. The maximum absolute atomic E-state index is 11.5. The third kappa shape index (κ3) is 11.9. The van der Waals surface area contributed by atoms with Crippen LogP contribution in [0.15, 0.2) is 0 Å². The highest BCUT2D eigenvalue weighted by molar-refractivity contribution is 7.99. The lowest BCUT2D eigenvalue weighted by molar-refractivity contribution is -0.119. The first-order valence-electron chi connectivity index (χ1n) is 6.58. The number of nitrogens with one attached hydrogen (secondary N) is 2. The van der Waals surface area contributed by atoms with Gasteiger partial charge >= 0.3 is 6.09 Å². The van der Waals surface area contributed by atoms with Crippen molar-refractivity contribution in [3.8, 4) is 0 Å². The molecule has 19 heavy (non-hydrogen) atoms. The molecule has 0 aromatic carbocycles. The topological polar surface area (TPSA) is 67.4 Å². The van der Waals surface area contributed by atoms with Crippen molar-refractivity contribution in [1.29, 1.82) is 0 Å². The Hall–Kier alpha value is -0.910. The molecule has 0 saturated heterocycles. The molecular weight excluding hydrogens is 264 g/mol. The van der Waals surface area contributed by atoms with Crippen LogP contribution < -0.4 is 10.6 Å². The number of hydrogen-bond donors (Lipinski definition) is 2. The van der Waals surface area contributed by atoms with Crippen LogP contribution in [0.3, 0.4) is 0 Å². The molecule has 0 rings (SSSR count). The fraction of sp³-hybridized carbons (Fsp3) is 0.846. The SMILES string of the molecule is CCC(C)NC(=O)CSCCNC(=O)OC(C)(C)C. The molecule has 2 N–H and O–H groups in total. The number of carbonyl (C=O) groups excluding carboxylic acids is 2. The van der Waals surface area contributed by atoms with E-state index in [2.05, 4.69) is 10.6 Å². The van der Waals surface area contributed by atoms with Crippen molar-refractivity contribution >= 4 is 23.8 Å². The van der Waals surface area contributed by atoms with E-state index in [0.29, 0.717) is 18.1 Å². The van der Waals surface area contributed by atoms with Gasteiger partial charge in [0.15, 0.2) is 0 Å². The Morgan fingerprint density at radius 1 is 1.32 bits per heavy atom. The van der Waals surface area contributed by atoms with Gasteiger partial charge in [0.25, 0.3) is 0 Å². The van der Waals surface area contributed by atoms with Crippen LogP contribution in [0.25, 0.3) is 0 Å². The van der Waals surface area contributed by atoms with E-state index in [4.69, 9.17) is 4.74 Å². The molecule has 1 atom stereocenters. The van der Waals surface area contributed by atoms with E-state index in [0.717, 1.165) is 6.42 Å². The molecule has 0 fully saturated rings. The van der Waals surface area contributed by atoms with Gasteiger partial charge in [0, 0.05) is 18.3 Å². The zero-order chi connectivity index (χ0) is 14.9. The van der Waals surface area contributed by atoms with Crippen molar-refractivity contribution in [2.45, 2.75) is 52.7 Å². The van der Waals surface area contributed by atoms with Gasteiger partial charge in [-0.25, -0.2) is 4.79 Å². The maximum Gasteiger partial charge on any atom is 0.407 e. The normalized spacial score (nSPS) is 12.7. The second kappa shape index (κ2) is 9.07. The van der Waals surface area contributed by atoms with Gasteiger partial charge < -0.3 is 15.4 Å². The first kappa shape index (κ1) is 18.1. The van der Waals surface area contributed by atoms with Crippen LogP contribution in [0.1, 0.15) is 41.0 Å². The van der Waals surface area contributed by atoms with Gasteiger partial charge in [-0.15, -0.1) is 0 Å². The molecule has 1 unspecified atom stereocenters. The summed E-state index contributed by atoms with van der Waals surface area (Å²) in [5, 5.41) is 5.54. The molecule has 0 bridgehead atoms. The third-order valence-electron chi connectivity index (χ3n) is 2.17. The second-order valence-corrected chi connectivity index (χ2v) is 6.46. The largest absolute Gasteiger partial charge is 0.444 e. The average Bonchev–Trinajstić information content (AvgIpc) is 2.25. The quantitative estimate of drug-likeness (QED) is 0.705. The summed E-state index contributed by atoms with van der Waals surface area (Å²) in [6.07, 6.45) is 0.508. The van der Waals surface area contributed by atoms with E-state index >= 15 is 0 Å². The van der Waals surface area contributed by atoms with E-state index < -0.39 is 11.7 Å². The first-order valence-corrected chi connectivity index (χ1v) is 7.74. The lowest BCUT2D eigenvalue weighted by Crippen LogP contribution is -2.34. The Labute approximate surface area is 120 Å². The Morgan fingerprint density at radius 2 is 1.95 bits per heavy atom. The number of rotatable bonds is 7. The summed E-state index contributed by atoms with van der Waals surface area (Å²) in [5.41, 5.74) is -0.479. The monoisotopic (exact) mass is 290 g/mol. The molecule has 0 aliphatic carbocycles. The van der Waals surface area contributed by atoms with Crippen molar-refractivity contribution in [1.82, 2.24) is 10.6 Å². The van der Waals surface area contributed by atoms with Crippen molar-refractivity contribution in [2.75, 3.05) is 18.1 Å². The number of amides is 2. The number of hydrogen-bond acceptors (Lipinski definition) is 4. The van der Waals surface area contributed by atoms with E-state index in [9.17, 15) is 9.59 Å². The van der Waals surface area contributed by atoms with Gasteiger partial charge in [-0.2, -0.15) is 11.8 Å². The molecule has 112 valence electrons. The fourth-order valence-electron chi connectivity index (χ4n) is 1.12. The molecule has 0 heterocycles. The van der Waals surface area contributed by atoms with Crippen LogP contribution in [0, 0.1) is 0 Å². The Balaban J connectivity index is 3.55. The molecule has 0 aliphatic rings. The summed E-state index contributed by atoms with van der Waals surface area (Å²) in [7, 11) is 0. The molecular formula is C13H26N2O3S. The highest BCUT2D eigenvalue weighted by atomic mass is 32.2. The van der Waals surface area contributed by atoms with E-state index in [1.807, 2.05) is 34.6 Å². The molecule has 0 aliphatic heterocycles. The molecule has 0 radical (unpaired) electrons. The number of alkyl carbamates (subject to hydrolysis) is 1. The highest BCUT2D eigenvalue weighted by Crippen LogP contribution is 2.06. The minimum Gasteiger partial charge on any atom is -0.444 e. The average molecular weight is 290 g/mol. The Morgan fingerprint density at radius 3 is 2.47 bits per heavy atom. The molecule has 6 heteroatoms. The second-order valence-electron chi connectivity index (χ2n) is 5.36. The van der Waals surface area contributed by atoms with Crippen LogP contribution in [0.5, 0.6) is 0 Å². The predicted octanol–water partition coefficient (Wildman–Crippen LogP) is 2.16. The zero-order valence-corrected chi connectivity index (χ0v) is 13.4. The Kier molecular flexibility index (Phi) is 8.63. The standard InChI is InChI=1S/C13H26N2O3S/c1-6-10(2)15-11(16)9-19-8-7-14-12(17)18-13(3,4)5/h10H,6-9H2,1-5H3,(H,14,17)(H,15,16). The van der Waals surface area contributed by atoms with Crippen molar-refractivity contribution in [2.24, 2.45) is 0 Å². The molecule has 0 spiro atoms. The minimum atomic E-state index is -0.479. The van der Waals surface area contributed by atoms with E-state index in [-0.39, 0.29) is 11.9 Å². The molecule has 0 aromatic rings. The summed E-state index contributed by atoms with van der Waals surface area (Å²) in [6, 6.07) is 0.216. The van der Waals surface area contributed by atoms with Gasteiger partial charge in [-0.1, -0.05) is 6.92 Å². The molecule has 5 nitrogen and oxygen atoms in total. The third-order valence-corrected chi connectivity index (χ3v) is 3.13. The van der Waals surface area contributed by atoms with E-state index in [1.165, 1.54) is 11.8 Å². The minimum absolute atomic E-state index is 0.0385.